The minimum atomic E-state index is -4.95. The Bertz CT molecular complexity index is 493. The predicted octanol–water partition coefficient (Wildman–Crippen LogP) is 3.43. The maximum absolute atomic E-state index is 12.5. The number of amides is 1. The van der Waals surface area contributed by atoms with Gasteiger partial charge in [-0.1, -0.05) is 0 Å². The van der Waals surface area contributed by atoms with Crippen molar-refractivity contribution in [2.24, 2.45) is 5.73 Å². The van der Waals surface area contributed by atoms with Crippen molar-refractivity contribution in [3.8, 4) is 0 Å². The van der Waals surface area contributed by atoms with Gasteiger partial charge < -0.3 is 5.73 Å². The van der Waals surface area contributed by atoms with E-state index in [4.69, 9.17) is 5.73 Å². The van der Waals surface area contributed by atoms with E-state index in [0.717, 1.165) is 22.6 Å². The lowest BCUT2D eigenvalue weighted by molar-refractivity contribution is -0.142. The van der Waals surface area contributed by atoms with Gasteiger partial charge in [-0.3, -0.25) is 4.79 Å². The number of primary amides is 1. The Balaban J connectivity index is 3.64. The molecule has 0 bridgehead atoms. The normalized spacial score (nSPS) is 12.6. The molecular formula is C9H4F6INO. The third-order valence-electron chi connectivity index (χ3n) is 2.00. The van der Waals surface area contributed by atoms with Gasteiger partial charge in [0.25, 0.3) is 0 Å². The first kappa shape index (κ1) is 15.1. The van der Waals surface area contributed by atoms with Gasteiger partial charge >= 0.3 is 12.4 Å². The van der Waals surface area contributed by atoms with Crippen molar-refractivity contribution in [3.05, 3.63) is 32.4 Å². The molecule has 0 unspecified atom stereocenters. The number of hydrogen-bond acceptors (Lipinski definition) is 1. The number of alkyl halides is 6. The standard InChI is InChI=1S/C9H4F6INO/c10-8(11,12)3-1-2-4(9(13,14)15)6(16)5(3)7(17)18/h1-2H,(H2,17,18). The van der Waals surface area contributed by atoms with Crippen molar-refractivity contribution in [1.82, 2.24) is 0 Å². The van der Waals surface area contributed by atoms with Gasteiger partial charge in [0.1, 0.15) is 0 Å². The summed E-state index contributed by atoms with van der Waals surface area (Å²) in [5.74, 6) is -1.56. The van der Waals surface area contributed by atoms with E-state index in [1.54, 1.807) is 0 Å². The molecule has 0 aromatic heterocycles. The van der Waals surface area contributed by atoms with Crippen LogP contribution in [0.4, 0.5) is 26.3 Å². The first-order chi connectivity index (χ1) is 7.96. The van der Waals surface area contributed by atoms with E-state index < -0.39 is 38.5 Å². The Labute approximate surface area is 110 Å². The maximum Gasteiger partial charge on any atom is 0.417 e. The zero-order valence-corrected chi connectivity index (χ0v) is 10.4. The van der Waals surface area contributed by atoms with Gasteiger partial charge in [0.15, 0.2) is 0 Å². The van der Waals surface area contributed by atoms with Crippen LogP contribution in [0.25, 0.3) is 0 Å². The summed E-state index contributed by atoms with van der Waals surface area (Å²) in [5.41, 5.74) is 0.737. The molecule has 0 spiro atoms. The van der Waals surface area contributed by atoms with Crippen molar-refractivity contribution >= 4 is 28.5 Å². The van der Waals surface area contributed by atoms with Crippen LogP contribution in [0.2, 0.25) is 0 Å². The molecule has 1 amide bonds. The fourth-order valence-corrected chi connectivity index (χ4v) is 2.31. The van der Waals surface area contributed by atoms with Gasteiger partial charge in [0.2, 0.25) is 5.91 Å². The number of benzene rings is 1. The zero-order valence-electron chi connectivity index (χ0n) is 8.29. The van der Waals surface area contributed by atoms with E-state index in [9.17, 15) is 31.1 Å². The minimum Gasteiger partial charge on any atom is -0.366 e. The van der Waals surface area contributed by atoms with Crippen LogP contribution >= 0.6 is 22.6 Å². The summed E-state index contributed by atoms with van der Waals surface area (Å²) in [6.45, 7) is 0. The molecule has 18 heavy (non-hydrogen) atoms. The fraction of sp³-hybridized carbons (Fsp3) is 0.222. The molecule has 0 aliphatic rings. The van der Waals surface area contributed by atoms with Crippen LogP contribution in [0, 0.1) is 3.57 Å². The second-order valence-corrected chi connectivity index (χ2v) is 4.29. The molecule has 100 valence electrons. The summed E-state index contributed by atoms with van der Waals surface area (Å²) < 4.78 is 74.2. The largest absolute Gasteiger partial charge is 0.417 e. The summed E-state index contributed by atoms with van der Waals surface area (Å²) in [6.07, 6.45) is -9.81. The Kier molecular flexibility index (Phi) is 3.84. The highest BCUT2D eigenvalue weighted by Crippen LogP contribution is 2.39. The topological polar surface area (TPSA) is 43.1 Å². The average molecular weight is 383 g/mol. The van der Waals surface area contributed by atoms with E-state index in [2.05, 4.69) is 0 Å². The van der Waals surface area contributed by atoms with Gasteiger partial charge in [-0.05, 0) is 34.7 Å². The Morgan fingerprint density at radius 1 is 1.00 bits per heavy atom. The maximum atomic E-state index is 12.5. The summed E-state index contributed by atoms with van der Waals surface area (Å²) in [5, 5.41) is 0. The first-order valence-electron chi connectivity index (χ1n) is 4.23. The molecule has 0 heterocycles. The average Bonchev–Trinajstić information content (AvgIpc) is 2.12. The lowest BCUT2D eigenvalue weighted by Crippen LogP contribution is -2.23. The zero-order chi connectivity index (χ0) is 14.3. The highest BCUT2D eigenvalue weighted by Gasteiger charge is 2.40. The van der Waals surface area contributed by atoms with Gasteiger partial charge in [-0.2, -0.15) is 26.3 Å². The number of carbonyl (C=O) groups is 1. The molecule has 0 aliphatic heterocycles. The van der Waals surface area contributed by atoms with Gasteiger partial charge in [-0.15, -0.1) is 0 Å². The molecule has 1 aromatic carbocycles. The molecule has 2 nitrogen and oxygen atoms in total. The Morgan fingerprint density at radius 2 is 1.39 bits per heavy atom. The third-order valence-corrected chi connectivity index (χ3v) is 3.12. The second kappa shape index (κ2) is 4.59. The molecule has 1 rings (SSSR count). The van der Waals surface area contributed by atoms with E-state index in [0.29, 0.717) is 0 Å². The second-order valence-electron chi connectivity index (χ2n) is 3.21. The highest BCUT2D eigenvalue weighted by molar-refractivity contribution is 14.1. The van der Waals surface area contributed by atoms with Crippen LogP contribution in [-0.4, -0.2) is 5.91 Å². The molecule has 0 atom stereocenters. The molecule has 1 aromatic rings. The van der Waals surface area contributed by atoms with Gasteiger partial charge in [-0.25, -0.2) is 0 Å². The summed E-state index contributed by atoms with van der Waals surface area (Å²) in [6, 6.07) is 0.474. The van der Waals surface area contributed by atoms with Crippen molar-refractivity contribution in [1.29, 1.82) is 0 Å². The monoisotopic (exact) mass is 383 g/mol. The number of hydrogen-bond donors (Lipinski definition) is 1. The fourth-order valence-electron chi connectivity index (χ4n) is 1.27. The highest BCUT2D eigenvalue weighted by atomic mass is 127. The molecule has 0 fully saturated rings. The smallest absolute Gasteiger partial charge is 0.366 e. The van der Waals surface area contributed by atoms with Crippen LogP contribution in [-0.2, 0) is 12.4 Å². The minimum absolute atomic E-state index is 0.199. The van der Waals surface area contributed by atoms with Crippen LogP contribution in [0.1, 0.15) is 21.5 Å². The van der Waals surface area contributed by atoms with Gasteiger partial charge in [0.05, 0.1) is 16.7 Å². The van der Waals surface area contributed by atoms with E-state index in [1.807, 2.05) is 0 Å². The number of rotatable bonds is 1. The van der Waals surface area contributed by atoms with Crippen LogP contribution in [0.3, 0.4) is 0 Å². The molecular weight excluding hydrogens is 379 g/mol. The van der Waals surface area contributed by atoms with E-state index >= 15 is 0 Å². The molecule has 0 saturated carbocycles. The Morgan fingerprint density at radius 3 is 1.72 bits per heavy atom. The van der Waals surface area contributed by atoms with Crippen molar-refractivity contribution in [2.45, 2.75) is 12.4 Å². The number of halogens is 7. The lowest BCUT2D eigenvalue weighted by atomic mass is 10.0. The first-order valence-corrected chi connectivity index (χ1v) is 5.31. The molecule has 0 radical (unpaired) electrons. The molecule has 0 saturated heterocycles. The summed E-state index contributed by atoms with van der Waals surface area (Å²) in [4.78, 5) is 10.9. The third kappa shape index (κ3) is 2.87. The predicted molar refractivity (Wildman–Crippen MR) is 57.7 cm³/mol. The van der Waals surface area contributed by atoms with Crippen molar-refractivity contribution < 1.29 is 31.1 Å². The van der Waals surface area contributed by atoms with E-state index in [1.165, 1.54) is 0 Å². The van der Waals surface area contributed by atoms with Crippen LogP contribution in [0.15, 0.2) is 12.1 Å². The number of nitrogens with two attached hydrogens (primary N) is 1. The molecule has 9 heteroatoms. The van der Waals surface area contributed by atoms with E-state index in [-0.39, 0.29) is 12.1 Å². The SMILES string of the molecule is NC(=O)c1c(C(F)(F)F)ccc(C(F)(F)F)c1I. The summed E-state index contributed by atoms with van der Waals surface area (Å²) >= 11 is 1.03. The lowest BCUT2D eigenvalue weighted by Gasteiger charge is -2.16. The molecule has 0 aliphatic carbocycles. The number of carbonyl (C=O) groups excluding carboxylic acids is 1. The van der Waals surface area contributed by atoms with Gasteiger partial charge in [0, 0.05) is 3.57 Å². The van der Waals surface area contributed by atoms with Crippen molar-refractivity contribution in [2.75, 3.05) is 0 Å². The summed E-state index contributed by atoms with van der Waals surface area (Å²) in [7, 11) is 0. The van der Waals surface area contributed by atoms with Crippen LogP contribution in [0.5, 0.6) is 0 Å². The molecule has 2 N–H and O–H groups in total. The van der Waals surface area contributed by atoms with Crippen LogP contribution < -0.4 is 5.73 Å². The van der Waals surface area contributed by atoms with Crippen molar-refractivity contribution in [3.63, 3.8) is 0 Å². The Hall–Kier alpha value is -1.00. The quantitative estimate of drug-likeness (QED) is 0.586.